The molecule has 5 heteroatoms. The normalized spacial score (nSPS) is 13.7. The van der Waals surface area contributed by atoms with Gasteiger partial charge in [-0.3, -0.25) is 0 Å². The molecule has 3 aromatic heterocycles. The van der Waals surface area contributed by atoms with Crippen LogP contribution in [0.15, 0.2) is 371 Å². The summed E-state index contributed by atoms with van der Waals surface area (Å²) in [7, 11) is 0. The van der Waals surface area contributed by atoms with E-state index >= 15 is 0 Å². The molecule has 1 aliphatic carbocycles. The lowest BCUT2D eigenvalue weighted by Gasteiger charge is -2.23. The fraction of sp³-hybridized carbons (Fsp3) is 0.0291. The van der Waals surface area contributed by atoms with Gasteiger partial charge in [-0.05, 0) is 245 Å². The van der Waals surface area contributed by atoms with Crippen LogP contribution in [0, 0.1) is 0 Å². The lowest BCUT2D eigenvalue weighted by molar-refractivity contribution is 0.726. The van der Waals surface area contributed by atoms with E-state index in [2.05, 4.69) is 366 Å². The second-order valence-electron chi connectivity index (χ2n) is 29.7. The van der Waals surface area contributed by atoms with Gasteiger partial charge in [-0.25, -0.2) is 0 Å². The molecule has 0 saturated carbocycles. The van der Waals surface area contributed by atoms with Crippen molar-refractivity contribution in [2.24, 2.45) is 0 Å². The van der Waals surface area contributed by atoms with Crippen molar-refractivity contribution < 1.29 is 0 Å². The summed E-state index contributed by atoms with van der Waals surface area (Å²) in [5.41, 5.74) is 30.0. The number of nitrogens with zero attached hydrogens (tertiary/aromatic N) is 3. The van der Waals surface area contributed by atoms with Crippen molar-refractivity contribution in [3.8, 4) is 83.8 Å². The van der Waals surface area contributed by atoms with Gasteiger partial charge in [0.1, 0.15) is 0 Å². The molecule has 3 nitrogen and oxygen atoms in total. The van der Waals surface area contributed by atoms with Crippen LogP contribution in [0.5, 0.6) is 0 Å². The number of fused-ring (bicyclic) bond motifs is 20. The SMILES string of the molecule is c1ccc(C2CCc3ccc(-c4ccc5c(c4)c4c6cccc7c6c(cc4n5-c4cccc5ccccc45)-c4ccccc4S7)cc3-c3ccc(-c4ccc5c(c4)Sc4cccc6c4c-5cc4c6c5cc(-c6ccc7c(c6)c6ccccc6n7-c6ccc7ccccc7c6)ccc5n4-c4ccccc4)cc32)cc1. The van der Waals surface area contributed by atoms with Crippen LogP contribution in [0.2, 0.25) is 0 Å². The van der Waals surface area contributed by atoms with Gasteiger partial charge in [-0.2, -0.15) is 0 Å². The highest BCUT2D eigenvalue weighted by Crippen LogP contribution is 2.56. The Balaban J connectivity index is 0.629. The molecule has 24 rings (SSSR count). The van der Waals surface area contributed by atoms with Crippen molar-refractivity contribution in [2.45, 2.75) is 38.3 Å². The molecule has 0 spiro atoms. The first-order valence-corrected chi connectivity index (χ1v) is 39.2. The molecule has 0 fully saturated rings. The topological polar surface area (TPSA) is 14.8 Å². The summed E-state index contributed by atoms with van der Waals surface area (Å²) in [5.74, 6) is 0.207. The monoisotopic (exact) mass is 1410 g/mol. The third-order valence-electron chi connectivity index (χ3n) is 24.0. The Morgan fingerprint density at radius 1 is 0.241 bits per heavy atom. The number of aromatic nitrogens is 3. The second kappa shape index (κ2) is 23.3. The Kier molecular flexibility index (Phi) is 13.0. The van der Waals surface area contributed by atoms with E-state index in [0.717, 1.165) is 18.5 Å². The molecule has 0 radical (unpaired) electrons. The first-order chi connectivity index (χ1) is 53.5. The number of hydrogen-bond acceptors (Lipinski definition) is 2. The summed E-state index contributed by atoms with van der Waals surface area (Å²) in [5, 5.41) is 17.8. The molecule has 21 aromatic rings. The summed E-state index contributed by atoms with van der Waals surface area (Å²) in [6, 6.07) is 134. The van der Waals surface area contributed by atoms with Crippen molar-refractivity contribution in [1.82, 2.24) is 13.7 Å². The van der Waals surface area contributed by atoms with Crippen LogP contribution in [0.1, 0.15) is 29.0 Å². The molecular weight excluding hydrogens is 1340 g/mol. The molecule has 502 valence electrons. The van der Waals surface area contributed by atoms with Gasteiger partial charge in [0.25, 0.3) is 0 Å². The quantitative estimate of drug-likeness (QED) is 0.158. The number of aryl methyl sites for hydroxylation is 1. The van der Waals surface area contributed by atoms with Crippen molar-refractivity contribution in [3.05, 3.63) is 369 Å². The van der Waals surface area contributed by atoms with Crippen molar-refractivity contribution >= 4 is 132 Å². The minimum absolute atomic E-state index is 0.207. The Hall–Kier alpha value is -12.9. The fourth-order valence-electron chi connectivity index (χ4n) is 19.1. The van der Waals surface area contributed by atoms with E-state index < -0.39 is 0 Å². The highest BCUT2D eigenvalue weighted by Gasteiger charge is 2.30. The predicted octanol–water partition coefficient (Wildman–Crippen LogP) is 28.6. The lowest BCUT2D eigenvalue weighted by atomic mass is 9.84. The Morgan fingerprint density at radius 2 is 0.750 bits per heavy atom. The maximum absolute atomic E-state index is 2.55. The third-order valence-corrected chi connectivity index (χ3v) is 26.3. The van der Waals surface area contributed by atoms with E-state index in [-0.39, 0.29) is 5.92 Å². The molecule has 1 atom stereocenters. The Bertz CT molecular complexity index is 7490. The molecule has 1 unspecified atom stereocenters. The maximum Gasteiger partial charge on any atom is 0.0554 e. The zero-order valence-corrected chi connectivity index (χ0v) is 60.3. The zero-order chi connectivity index (χ0) is 70.4. The van der Waals surface area contributed by atoms with Gasteiger partial charge < -0.3 is 13.7 Å². The minimum Gasteiger partial charge on any atom is -0.309 e. The van der Waals surface area contributed by atoms with Gasteiger partial charge in [0.15, 0.2) is 0 Å². The lowest BCUT2D eigenvalue weighted by Crippen LogP contribution is -2.02. The molecule has 0 saturated heterocycles. The van der Waals surface area contributed by atoms with Gasteiger partial charge in [0.05, 0.1) is 38.8 Å². The summed E-state index contributed by atoms with van der Waals surface area (Å²) >= 11 is 3.81. The van der Waals surface area contributed by atoms with Gasteiger partial charge in [0.2, 0.25) is 0 Å². The van der Waals surface area contributed by atoms with Crippen molar-refractivity contribution in [2.75, 3.05) is 0 Å². The average Bonchev–Trinajstić information content (AvgIpc) is 1.51. The number of hydrogen-bond donors (Lipinski definition) is 0. The van der Waals surface area contributed by atoms with E-state index in [1.807, 2.05) is 23.5 Å². The van der Waals surface area contributed by atoms with Crippen LogP contribution in [-0.2, 0) is 6.42 Å². The van der Waals surface area contributed by atoms with Gasteiger partial charge >= 0.3 is 0 Å². The molecule has 0 amide bonds. The van der Waals surface area contributed by atoms with Crippen LogP contribution in [0.3, 0.4) is 0 Å². The van der Waals surface area contributed by atoms with Crippen LogP contribution >= 0.6 is 23.5 Å². The first kappa shape index (κ1) is 60.4. The van der Waals surface area contributed by atoms with E-state index in [4.69, 9.17) is 0 Å². The van der Waals surface area contributed by atoms with E-state index in [0.29, 0.717) is 0 Å². The summed E-state index contributed by atoms with van der Waals surface area (Å²) in [6.07, 6.45) is 1.99. The van der Waals surface area contributed by atoms with Gasteiger partial charge in [0, 0.05) is 85.4 Å². The summed E-state index contributed by atoms with van der Waals surface area (Å²) in [4.78, 5) is 5.18. The van der Waals surface area contributed by atoms with Crippen LogP contribution in [-0.4, -0.2) is 13.7 Å². The van der Waals surface area contributed by atoms with E-state index in [1.165, 1.54) is 223 Å². The summed E-state index contributed by atoms with van der Waals surface area (Å²) < 4.78 is 7.48. The minimum atomic E-state index is 0.207. The maximum atomic E-state index is 2.55. The highest BCUT2D eigenvalue weighted by atomic mass is 32.2. The highest BCUT2D eigenvalue weighted by molar-refractivity contribution is 8.00. The molecule has 0 N–H and O–H groups in total. The van der Waals surface area contributed by atoms with Crippen LogP contribution < -0.4 is 0 Å². The van der Waals surface area contributed by atoms with Crippen molar-refractivity contribution in [3.63, 3.8) is 0 Å². The molecule has 3 aliphatic rings. The molecule has 0 bridgehead atoms. The first-order valence-electron chi connectivity index (χ1n) is 37.6. The Morgan fingerprint density at radius 3 is 1.51 bits per heavy atom. The predicted molar refractivity (Wildman–Crippen MR) is 457 cm³/mol. The molecular formula is C103H63N3S2. The second-order valence-corrected chi connectivity index (χ2v) is 31.8. The Labute approximate surface area is 631 Å². The van der Waals surface area contributed by atoms with Crippen LogP contribution in [0.4, 0.5) is 0 Å². The smallest absolute Gasteiger partial charge is 0.0554 e. The largest absolute Gasteiger partial charge is 0.309 e. The molecule has 5 heterocycles. The number of benzene rings is 18. The van der Waals surface area contributed by atoms with E-state index in [9.17, 15) is 0 Å². The standard InChI is InChI=1S/C103H63N3S2/c1-3-19-62(20-4-1)74-46-39-64-36-37-66(69-44-51-93-88(57-69)101-81-30-16-34-97-102(81)85(78-28-12-14-33-96(78)107-97)60-95(101)106(93)89-32-15-23-63-21-9-10-26-75(63)89)53-82(64)76-47-40-67(54-83(74)76)71-41-48-79-86-59-94-100(80-29-17-35-98(103(80)86)108-99(79)58-71)87-56-70(43-50-92(87)104(94)72-24-5-2-6-25-72)68-42-49-91-84(55-68)77-27-11-13-31-90(77)105(91)73-45-38-61-18-7-8-22-65(61)52-73/h1-38,40-45,47-60,74H,39,46H2. The molecule has 2 aliphatic heterocycles. The van der Waals surface area contributed by atoms with Crippen molar-refractivity contribution in [1.29, 1.82) is 0 Å². The fourth-order valence-corrected chi connectivity index (χ4v) is 21.5. The average molecular weight is 1410 g/mol. The number of rotatable bonds is 7. The zero-order valence-electron chi connectivity index (χ0n) is 58.6. The van der Waals surface area contributed by atoms with Gasteiger partial charge in [-0.15, -0.1) is 0 Å². The van der Waals surface area contributed by atoms with Crippen LogP contribution in [0.25, 0.3) is 192 Å². The van der Waals surface area contributed by atoms with Gasteiger partial charge in [-0.1, -0.05) is 254 Å². The number of para-hydroxylation sites is 2. The summed E-state index contributed by atoms with van der Waals surface area (Å²) in [6.45, 7) is 0. The third kappa shape index (κ3) is 8.95. The molecule has 108 heavy (non-hydrogen) atoms. The van der Waals surface area contributed by atoms with E-state index in [1.54, 1.807) is 0 Å². The molecule has 18 aromatic carbocycles.